The third-order valence-electron chi connectivity index (χ3n) is 3.28. The number of carbonyl (C=O) groups excluding carboxylic acids is 1. The number of methoxy groups -OCH3 is 1. The van der Waals surface area contributed by atoms with Crippen LogP contribution >= 0.6 is 11.3 Å². The molecule has 3 rings (SSSR count). The van der Waals surface area contributed by atoms with Gasteiger partial charge >= 0.3 is 5.97 Å². The van der Waals surface area contributed by atoms with E-state index in [1.807, 2.05) is 40.2 Å². The minimum Gasteiger partial charge on any atom is -0.497 e. The molecule has 114 valence electrons. The third-order valence-corrected chi connectivity index (χ3v) is 4.17. The van der Waals surface area contributed by atoms with Gasteiger partial charge in [0.05, 0.1) is 25.8 Å². The summed E-state index contributed by atoms with van der Waals surface area (Å²) in [5.74, 6) is 0.569. The molecule has 22 heavy (non-hydrogen) atoms. The van der Waals surface area contributed by atoms with Gasteiger partial charge in [-0.15, -0.1) is 11.3 Å². The summed E-state index contributed by atoms with van der Waals surface area (Å²) >= 11 is 1.51. The number of nitrogens with zero attached hydrogens (tertiary/aromatic N) is 2. The molecule has 0 N–H and O–H groups in total. The zero-order valence-corrected chi connectivity index (χ0v) is 13.2. The third kappa shape index (κ3) is 2.82. The fraction of sp³-hybridized carbons (Fsp3) is 0.250. The number of benzene rings is 1. The van der Waals surface area contributed by atoms with E-state index in [0.29, 0.717) is 6.61 Å². The second-order valence-corrected chi connectivity index (χ2v) is 5.56. The van der Waals surface area contributed by atoms with Crippen molar-refractivity contribution < 1.29 is 14.3 Å². The van der Waals surface area contributed by atoms with E-state index in [2.05, 4.69) is 4.98 Å². The second-order valence-electron chi connectivity index (χ2n) is 4.72. The number of thiazole rings is 1. The van der Waals surface area contributed by atoms with Gasteiger partial charge in [-0.2, -0.15) is 0 Å². The summed E-state index contributed by atoms with van der Waals surface area (Å²) in [5.41, 5.74) is 2.73. The Morgan fingerprint density at radius 3 is 3.05 bits per heavy atom. The molecule has 0 bridgehead atoms. The first-order chi connectivity index (χ1) is 10.7. The predicted molar refractivity (Wildman–Crippen MR) is 85.4 cm³/mol. The molecular weight excluding hydrogens is 300 g/mol. The Kier molecular flexibility index (Phi) is 4.11. The van der Waals surface area contributed by atoms with E-state index in [1.165, 1.54) is 11.3 Å². The molecule has 1 aromatic carbocycles. The van der Waals surface area contributed by atoms with Crippen molar-refractivity contribution in [3.8, 4) is 17.0 Å². The van der Waals surface area contributed by atoms with Crippen molar-refractivity contribution >= 4 is 22.3 Å². The zero-order chi connectivity index (χ0) is 15.5. The quantitative estimate of drug-likeness (QED) is 0.678. The van der Waals surface area contributed by atoms with Gasteiger partial charge in [-0.25, -0.2) is 4.98 Å². The van der Waals surface area contributed by atoms with Crippen LogP contribution < -0.4 is 4.74 Å². The minimum atomic E-state index is -0.223. The molecule has 0 radical (unpaired) electrons. The molecule has 2 heterocycles. The fourth-order valence-electron chi connectivity index (χ4n) is 2.24. The summed E-state index contributed by atoms with van der Waals surface area (Å²) in [6.45, 7) is 2.20. The molecule has 5 nitrogen and oxygen atoms in total. The smallest absolute Gasteiger partial charge is 0.311 e. The van der Waals surface area contributed by atoms with Crippen LogP contribution in [0.2, 0.25) is 0 Å². The van der Waals surface area contributed by atoms with E-state index in [1.54, 1.807) is 14.0 Å². The normalized spacial score (nSPS) is 10.8. The highest BCUT2D eigenvalue weighted by Gasteiger charge is 2.13. The second kappa shape index (κ2) is 6.19. The summed E-state index contributed by atoms with van der Waals surface area (Å²) < 4.78 is 12.2. The molecule has 6 heteroatoms. The molecule has 3 aromatic rings. The Labute approximate surface area is 132 Å². The average Bonchev–Trinajstić information content (AvgIpc) is 3.10. The lowest BCUT2D eigenvalue weighted by Crippen LogP contribution is -2.08. The Bertz CT molecular complexity index is 807. The molecule has 0 spiro atoms. The van der Waals surface area contributed by atoms with Gasteiger partial charge in [0, 0.05) is 22.8 Å². The summed E-state index contributed by atoms with van der Waals surface area (Å²) in [7, 11) is 1.64. The molecule has 2 aromatic heterocycles. The van der Waals surface area contributed by atoms with Crippen LogP contribution in [0.3, 0.4) is 0 Å². The Balaban J connectivity index is 1.93. The summed E-state index contributed by atoms with van der Waals surface area (Å²) in [4.78, 5) is 17.1. The van der Waals surface area contributed by atoms with Crippen molar-refractivity contribution in [3.05, 3.63) is 41.5 Å². The highest BCUT2D eigenvalue weighted by Crippen LogP contribution is 2.26. The maximum atomic E-state index is 11.6. The van der Waals surface area contributed by atoms with Crippen LogP contribution in [-0.2, 0) is 16.0 Å². The molecule has 0 aliphatic rings. The SMILES string of the molecule is CCOC(=O)Cc1csc2nc(-c3cccc(OC)c3)cn12. The summed E-state index contributed by atoms with van der Waals surface area (Å²) in [5, 5.41) is 1.94. The van der Waals surface area contributed by atoms with Gasteiger partial charge in [-0.1, -0.05) is 12.1 Å². The minimum absolute atomic E-state index is 0.223. The number of carbonyl (C=O) groups is 1. The number of fused-ring (bicyclic) bond motifs is 1. The summed E-state index contributed by atoms with van der Waals surface area (Å²) in [6, 6.07) is 7.76. The van der Waals surface area contributed by atoms with Crippen LogP contribution in [0, 0.1) is 0 Å². The first-order valence-electron chi connectivity index (χ1n) is 6.96. The number of esters is 1. The standard InChI is InChI=1S/C16H16N2O3S/c1-3-21-15(19)8-12-10-22-16-17-14(9-18(12)16)11-5-4-6-13(7-11)20-2/h4-7,9-10H,3,8H2,1-2H3. The molecule has 0 aliphatic heterocycles. The molecular formula is C16H16N2O3S. The van der Waals surface area contributed by atoms with Crippen LogP contribution in [0.15, 0.2) is 35.8 Å². The van der Waals surface area contributed by atoms with Gasteiger partial charge in [0.25, 0.3) is 0 Å². The molecule has 0 atom stereocenters. The van der Waals surface area contributed by atoms with Gasteiger partial charge in [0.2, 0.25) is 0 Å². The lowest BCUT2D eigenvalue weighted by molar-refractivity contribution is -0.142. The van der Waals surface area contributed by atoms with E-state index in [9.17, 15) is 4.79 Å². The lowest BCUT2D eigenvalue weighted by atomic mass is 10.1. The van der Waals surface area contributed by atoms with Gasteiger partial charge < -0.3 is 9.47 Å². The van der Waals surface area contributed by atoms with Crippen molar-refractivity contribution in [2.75, 3.05) is 13.7 Å². The van der Waals surface area contributed by atoms with E-state index >= 15 is 0 Å². The number of ether oxygens (including phenoxy) is 2. The maximum absolute atomic E-state index is 11.6. The summed E-state index contributed by atoms with van der Waals surface area (Å²) in [6.07, 6.45) is 2.19. The fourth-order valence-corrected chi connectivity index (χ4v) is 3.11. The molecule has 0 fully saturated rings. The predicted octanol–water partition coefficient (Wildman–Crippen LogP) is 3.18. The number of hydrogen-bond donors (Lipinski definition) is 0. The van der Waals surface area contributed by atoms with Crippen molar-refractivity contribution in [3.63, 3.8) is 0 Å². The number of aromatic nitrogens is 2. The van der Waals surface area contributed by atoms with Crippen LogP contribution in [0.4, 0.5) is 0 Å². The van der Waals surface area contributed by atoms with E-state index in [4.69, 9.17) is 9.47 Å². The van der Waals surface area contributed by atoms with Gasteiger partial charge in [-0.05, 0) is 19.1 Å². The highest BCUT2D eigenvalue weighted by atomic mass is 32.1. The van der Waals surface area contributed by atoms with Gasteiger partial charge in [0.1, 0.15) is 5.75 Å². The van der Waals surface area contributed by atoms with Crippen LogP contribution in [0.25, 0.3) is 16.2 Å². The van der Waals surface area contributed by atoms with E-state index in [0.717, 1.165) is 27.7 Å². The van der Waals surface area contributed by atoms with Crippen LogP contribution in [-0.4, -0.2) is 29.1 Å². The monoisotopic (exact) mass is 316 g/mol. The van der Waals surface area contributed by atoms with Crippen LogP contribution in [0.5, 0.6) is 5.75 Å². The van der Waals surface area contributed by atoms with Crippen LogP contribution in [0.1, 0.15) is 12.6 Å². The first kappa shape index (κ1) is 14.6. The van der Waals surface area contributed by atoms with Gasteiger partial charge in [-0.3, -0.25) is 9.20 Å². The molecule has 0 unspecified atom stereocenters. The average molecular weight is 316 g/mol. The maximum Gasteiger partial charge on any atom is 0.311 e. The Morgan fingerprint density at radius 1 is 1.41 bits per heavy atom. The first-order valence-corrected chi connectivity index (χ1v) is 7.84. The Hall–Kier alpha value is -2.34. The molecule has 0 aliphatic carbocycles. The topological polar surface area (TPSA) is 52.8 Å². The zero-order valence-electron chi connectivity index (χ0n) is 12.4. The number of hydrogen-bond acceptors (Lipinski definition) is 5. The van der Waals surface area contributed by atoms with Crippen molar-refractivity contribution in [1.82, 2.24) is 9.38 Å². The van der Waals surface area contributed by atoms with E-state index in [-0.39, 0.29) is 12.4 Å². The van der Waals surface area contributed by atoms with Crippen molar-refractivity contribution in [1.29, 1.82) is 0 Å². The molecule has 0 saturated heterocycles. The molecule has 0 amide bonds. The Morgan fingerprint density at radius 2 is 2.27 bits per heavy atom. The van der Waals surface area contributed by atoms with Crippen molar-refractivity contribution in [2.45, 2.75) is 13.3 Å². The molecule has 0 saturated carbocycles. The number of imidazole rings is 1. The lowest BCUT2D eigenvalue weighted by Gasteiger charge is -2.01. The highest BCUT2D eigenvalue weighted by molar-refractivity contribution is 7.15. The van der Waals surface area contributed by atoms with Crippen molar-refractivity contribution in [2.24, 2.45) is 0 Å². The number of rotatable bonds is 5. The van der Waals surface area contributed by atoms with E-state index < -0.39 is 0 Å². The largest absolute Gasteiger partial charge is 0.497 e. The van der Waals surface area contributed by atoms with Gasteiger partial charge in [0.15, 0.2) is 4.96 Å².